The quantitative estimate of drug-likeness (QED) is 0.617. The summed E-state index contributed by atoms with van der Waals surface area (Å²) in [4.78, 5) is 8.92. The molecule has 1 aromatic heterocycles. The molecule has 2 aromatic rings. The summed E-state index contributed by atoms with van der Waals surface area (Å²) in [5.74, 6) is 0.490. The van der Waals surface area contributed by atoms with Gasteiger partial charge in [-0.25, -0.2) is 4.98 Å². The number of anilines is 1. The van der Waals surface area contributed by atoms with Crippen LogP contribution in [-0.2, 0) is 4.74 Å². The van der Waals surface area contributed by atoms with Crippen LogP contribution < -0.4 is 5.73 Å². The molecule has 0 fully saturated rings. The zero-order chi connectivity index (χ0) is 15.1. The van der Waals surface area contributed by atoms with Crippen molar-refractivity contribution in [3.8, 4) is 0 Å². The molecule has 0 radical (unpaired) electrons. The van der Waals surface area contributed by atoms with Crippen LogP contribution in [0.15, 0.2) is 29.3 Å². The Kier molecular flexibility index (Phi) is 5.69. The Morgan fingerprint density at radius 1 is 1.29 bits per heavy atom. The number of aryl methyl sites for hydroxylation is 1. The number of nitrogens with two attached hydrogens (primary N) is 1. The summed E-state index contributed by atoms with van der Waals surface area (Å²) in [6, 6.07) is 7.99. The summed E-state index contributed by atoms with van der Waals surface area (Å²) in [6.07, 6.45) is 4.83. The number of nitrogens with zero attached hydrogens (tertiary/aromatic N) is 2. The number of fused-ring (bicyclic) bond motifs is 1. The van der Waals surface area contributed by atoms with E-state index in [1.165, 1.54) is 0 Å². The summed E-state index contributed by atoms with van der Waals surface area (Å²) in [5, 5.41) is 1.10. The smallest absolute Gasteiger partial charge is 0.150 e. The average molecular weight is 285 g/mol. The van der Waals surface area contributed by atoms with Gasteiger partial charge in [-0.2, -0.15) is 0 Å². The van der Waals surface area contributed by atoms with E-state index >= 15 is 0 Å². The molecule has 4 nitrogen and oxygen atoms in total. The van der Waals surface area contributed by atoms with Crippen molar-refractivity contribution < 1.29 is 4.74 Å². The van der Waals surface area contributed by atoms with Crippen LogP contribution in [0.1, 0.15) is 31.7 Å². The second-order valence-corrected chi connectivity index (χ2v) is 5.05. The van der Waals surface area contributed by atoms with E-state index < -0.39 is 0 Å². The van der Waals surface area contributed by atoms with Crippen LogP contribution in [-0.4, -0.2) is 24.4 Å². The minimum absolute atomic E-state index is 0.490. The lowest BCUT2D eigenvalue weighted by Crippen LogP contribution is -1.96. The highest BCUT2D eigenvalue weighted by molar-refractivity contribution is 5.90. The van der Waals surface area contributed by atoms with Gasteiger partial charge in [0.05, 0.1) is 5.52 Å². The third kappa shape index (κ3) is 4.02. The van der Waals surface area contributed by atoms with Crippen LogP contribution in [0.2, 0.25) is 0 Å². The Bertz CT molecular complexity index is 623. The lowest BCUT2D eigenvalue weighted by atomic mass is 10.1. The number of hydrogen-bond donors (Lipinski definition) is 1. The van der Waals surface area contributed by atoms with E-state index in [9.17, 15) is 0 Å². The van der Waals surface area contributed by atoms with Crippen molar-refractivity contribution >= 4 is 28.6 Å². The average Bonchev–Trinajstić information content (AvgIpc) is 2.49. The van der Waals surface area contributed by atoms with Gasteiger partial charge in [0.25, 0.3) is 0 Å². The molecule has 0 bridgehead atoms. The van der Waals surface area contributed by atoms with Crippen molar-refractivity contribution in [3.05, 3.63) is 29.8 Å². The van der Waals surface area contributed by atoms with Crippen molar-refractivity contribution in [2.45, 2.75) is 33.1 Å². The fraction of sp³-hybridized carbons (Fsp3) is 0.412. The number of ether oxygens (including phenoxy) is 1. The summed E-state index contributed by atoms with van der Waals surface area (Å²) in [5.41, 5.74) is 8.80. The molecule has 0 aliphatic heterocycles. The molecule has 1 heterocycles. The standard InChI is InChI=1S/C17H23N3O/c1-3-11-21-12-7-6-10-19-16-13(2)14-8-4-5-9-15(14)20-17(16)18/h4-5,8-10H,3,6-7,11-12H2,1-2H3,(H2,18,20). The van der Waals surface area contributed by atoms with Crippen molar-refractivity contribution in [2.24, 2.45) is 4.99 Å². The predicted octanol–water partition coefficient (Wildman–Crippen LogP) is 4.03. The second-order valence-electron chi connectivity index (χ2n) is 5.05. The Labute approximate surface area is 126 Å². The van der Waals surface area contributed by atoms with Crippen LogP contribution in [0, 0.1) is 6.92 Å². The molecular formula is C17H23N3O. The number of unbranched alkanes of at least 4 members (excludes halogenated alkanes) is 1. The Hall–Kier alpha value is -1.94. The third-order valence-electron chi connectivity index (χ3n) is 3.34. The highest BCUT2D eigenvalue weighted by atomic mass is 16.5. The van der Waals surface area contributed by atoms with E-state index in [2.05, 4.69) is 23.0 Å². The van der Waals surface area contributed by atoms with E-state index in [-0.39, 0.29) is 0 Å². The van der Waals surface area contributed by atoms with E-state index in [0.29, 0.717) is 5.82 Å². The van der Waals surface area contributed by atoms with Crippen molar-refractivity contribution in [1.82, 2.24) is 4.98 Å². The third-order valence-corrected chi connectivity index (χ3v) is 3.34. The summed E-state index contributed by atoms with van der Waals surface area (Å²) in [6.45, 7) is 5.76. The summed E-state index contributed by atoms with van der Waals surface area (Å²) >= 11 is 0. The minimum Gasteiger partial charge on any atom is -0.382 e. The molecule has 2 rings (SSSR count). The van der Waals surface area contributed by atoms with Gasteiger partial charge in [0.1, 0.15) is 11.5 Å². The maximum absolute atomic E-state index is 6.02. The highest BCUT2D eigenvalue weighted by Crippen LogP contribution is 2.30. The molecule has 112 valence electrons. The maximum atomic E-state index is 6.02. The molecule has 0 amide bonds. The first-order chi connectivity index (χ1) is 10.2. The number of nitrogen functional groups attached to an aromatic ring is 1. The van der Waals surface area contributed by atoms with Gasteiger partial charge >= 0.3 is 0 Å². The number of aromatic nitrogens is 1. The van der Waals surface area contributed by atoms with Crippen molar-refractivity contribution in [1.29, 1.82) is 0 Å². The highest BCUT2D eigenvalue weighted by Gasteiger charge is 2.07. The molecule has 21 heavy (non-hydrogen) atoms. The molecule has 4 heteroatoms. The first kappa shape index (κ1) is 15.4. The first-order valence-electron chi connectivity index (χ1n) is 7.49. The monoisotopic (exact) mass is 285 g/mol. The molecule has 1 aromatic carbocycles. The van der Waals surface area contributed by atoms with E-state index in [4.69, 9.17) is 10.5 Å². The fourth-order valence-electron chi connectivity index (χ4n) is 2.23. The molecule has 0 spiro atoms. The minimum atomic E-state index is 0.490. The van der Waals surface area contributed by atoms with Gasteiger partial charge in [-0.1, -0.05) is 25.1 Å². The van der Waals surface area contributed by atoms with Crippen LogP contribution in [0.3, 0.4) is 0 Å². The SMILES string of the molecule is CCCOCCCC=Nc1c(N)nc2ccccc2c1C. The second kappa shape index (κ2) is 7.74. The largest absolute Gasteiger partial charge is 0.382 e. The van der Waals surface area contributed by atoms with Gasteiger partial charge < -0.3 is 10.5 Å². The molecule has 0 saturated carbocycles. The molecule has 0 aliphatic rings. The van der Waals surface area contributed by atoms with E-state index in [1.54, 1.807) is 0 Å². The maximum Gasteiger partial charge on any atom is 0.150 e. The van der Waals surface area contributed by atoms with Crippen molar-refractivity contribution in [3.63, 3.8) is 0 Å². The molecule has 0 saturated heterocycles. The van der Waals surface area contributed by atoms with Gasteiger partial charge in [0, 0.05) is 24.8 Å². The van der Waals surface area contributed by atoms with Crippen LogP contribution in [0.25, 0.3) is 10.9 Å². The molecule has 0 aliphatic carbocycles. The zero-order valence-corrected chi connectivity index (χ0v) is 12.8. The van der Waals surface area contributed by atoms with Crippen LogP contribution in [0.4, 0.5) is 11.5 Å². The van der Waals surface area contributed by atoms with E-state index in [0.717, 1.165) is 54.6 Å². The number of hydrogen-bond acceptors (Lipinski definition) is 4. The molecular weight excluding hydrogens is 262 g/mol. The van der Waals surface area contributed by atoms with E-state index in [1.807, 2.05) is 31.3 Å². The van der Waals surface area contributed by atoms with Crippen molar-refractivity contribution in [2.75, 3.05) is 18.9 Å². The van der Waals surface area contributed by atoms with Gasteiger partial charge in [-0.05, 0) is 37.8 Å². The predicted molar refractivity (Wildman–Crippen MR) is 89.4 cm³/mol. The fourth-order valence-corrected chi connectivity index (χ4v) is 2.23. The number of pyridine rings is 1. The molecule has 2 N–H and O–H groups in total. The number of rotatable bonds is 7. The van der Waals surface area contributed by atoms with Gasteiger partial charge in [-0.3, -0.25) is 4.99 Å². The normalized spacial score (nSPS) is 11.5. The molecule has 0 unspecified atom stereocenters. The Morgan fingerprint density at radius 3 is 2.90 bits per heavy atom. The van der Waals surface area contributed by atoms with Gasteiger partial charge in [0.2, 0.25) is 0 Å². The van der Waals surface area contributed by atoms with Gasteiger partial charge in [0.15, 0.2) is 0 Å². The lowest BCUT2D eigenvalue weighted by Gasteiger charge is -2.08. The number of aliphatic imine (C=N–C) groups is 1. The lowest BCUT2D eigenvalue weighted by molar-refractivity contribution is 0.134. The van der Waals surface area contributed by atoms with Gasteiger partial charge in [-0.15, -0.1) is 0 Å². The summed E-state index contributed by atoms with van der Waals surface area (Å²) < 4.78 is 5.44. The number of para-hydroxylation sites is 1. The first-order valence-corrected chi connectivity index (χ1v) is 7.49. The summed E-state index contributed by atoms with van der Waals surface area (Å²) in [7, 11) is 0. The number of benzene rings is 1. The van der Waals surface area contributed by atoms with Crippen LogP contribution in [0.5, 0.6) is 0 Å². The Balaban J connectivity index is 2.04. The topological polar surface area (TPSA) is 60.5 Å². The molecule has 0 atom stereocenters. The zero-order valence-electron chi connectivity index (χ0n) is 12.8. The Morgan fingerprint density at radius 2 is 2.10 bits per heavy atom. The van der Waals surface area contributed by atoms with Crippen LogP contribution >= 0.6 is 0 Å².